The number of carbonyl (C=O) groups is 3. The van der Waals surface area contributed by atoms with E-state index in [1.165, 1.54) is 11.0 Å². The molecule has 7 nitrogen and oxygen atoms in total. The van der Waals surface area contributed by atoms with E-state index in [0.717, 1.165) is 12.8 Å². The second kappa shape index (κ2) is 9.92. The van der Waals surface area contributed by atoms with Crippen LogP contribution in [0.5, 0.6) is 0 Å². The van der Waals surface area contributed by atoms with Gasteiger partial charge in [-0.15, -0.1) is 18.3 Å². The van der Waals surface area contributed by atoms with E-state index in [9.17, 15) is 19.5 Å². The molecule has 1 spiro atoms. The molecule has 3 saturated heterocycles. The number of carbonyl (C=O) groups excluding carboxylic acids is 3. The standard InChI is InChI=1S/C27H42N2O5S/c1-9-11-29(26(7,8)16-25(4,5)6)23(32)21-27-17(3)15-18(35-27)19(24(33)34-14-10-2)20(27)22(31)28(21)12-13-30/h9-10,17-21,30H,1-2,11-16H2,3-8H3/t17?,18-,19+,20+,21?,27?/m1/s1. The monoisotopic (exact) mass is 506 g/mol. The smallest absolute Gasteiger partial charge is 0.311 e. The number of likely N-dealkylation sites (tertiary alicyclic amines) is 1. The van der Waals surface area contributed by atoms with E-state index in [2.05, 4.69) is 54.7 Å². The summed E-state index contributed by atoms with van der Waals surface area (Å²) in [7, 11) is 0. The maximum Gasteiger partial charge on any atom is 0.311 e. The minimum absolute atomic E-state index is 0.0197. The van der Waals surface area contributed by atoms with Crippen molar-refractivity contribution in [2.45, 2.75) is 76.0 Å². The third-order valence-electron chi connectivity index (χ3n) is 7.71. The SMILES string of the molecule is C=CCOC(=O)[C@@H]1[C@H]2C(=O)N(CCO)C(C(=O)N(CC=C)C(C)(C)CC(C)(C)C)C23S[C@@H]1CC3C. The Kier molecular flexibility index (Phi) is 7.88. The number of rotatable bonds is 10. The Balaban J connectivity index is 2.08. The van der Waals surface area contributed by atoms with Crippen LogP contribution in [-0.2, 0) is 19.1 Å². The summed E-state index contributed by atoms with van der Waals surface area (Å²) >= 11 is 1.61. The number of amides is 2. The molecule has 0 aliphatic carbocycles. The van der Waals surface area contributed by atoms with Crippen molar-refractivity contribution < 1.29 is 24.2 Å². The molecule has 8 heteroatoms. The molecule has 1 N–H and O–H groups in total. The first-order valence-electron chi connectivity index (χ1n) is 12.6. The highest BCUT2D eigenvalue weighted by molar-refractivity contribution is 8.02. The molecule has 0 radical (unpaired) electrons. The fourth-order valence-corrected chi connectivity index (χ4v) is 9.36. The van der Waals surface area contributed by atoms with Gasteiger partial charge in [0.25, 0.3) is 0 Å². The molecule has 35 heavy (non-hydrogen) atoms. The summed E-state index contributed by atoms with van der Waals surface area (Å²) in [4.78, 5) is 44.8. The Bertz CT molecular complexity index is 881. The topological polar surface area (TPSA) is 87.1 Å². The Morgan fingerprint density at radius 3 is 2.46 bits per heavy atom. The molecule has 0 aromatic heterocycles. The summed E-state index contributed by atoms with van der Waals surface area (Å²) in [6.07, 6.45) is 4.75. The van der Waals surface area contributed by atoms with Crippen molar-refractivity contribution in [2.75, 3.05) is 26.3 Å². The van der Waals surface area contributed by atoms with Gasteiger partial charge in [-0.1, -0.05) is 46.4 Å². The molecule has 0 saturated carbocycles. The lowest BCUT2D eigenvalue weighted by Gasteiger charge is -2.46. The fraction of sp³-hybridized carbons (Fsp3) is 0.741. The van der Waals surface area contributed by atoms with Gasteiger partial charge in [0.05, 0.1) is 23.2 Å². The van der Waals surface area contributed by atoms with Crippen molar-refractivity contribution in [3.05, 3.63) is 25.3 Å². The van der Waals surface area contributed by atoms with Crippen molar-refractivity contribution >= 4 is 29.5 Å². The van der Waals surface area contributed by atoms with Crippen LogP contribution in [0.4, 0.5) is 0 Å². The molecule has 3 rings (SSSR count). The van der Waals surface area contributed by atoms with E-state index in [1.54, 1.807) is 17.8 Å². The van der Waals surface area contributed by atoms with Gasteiger partial charge in [0, 0.05) is 23.9 Å². The van der Waals surface area contributed by atoms with E-state index < -0.39 is 34.1 Å². The quantitative estimate of drug-likeness (QED) is 0.362. The van der Waals surface area contributed by atoms with E-state index in [-0.39, 0.29) is 48.2 Å². The van der Waals surface area contributed by atoms with Gasteiger partial charge in [0.2, 0.25) is 11.8 Å². The normalized spacial score (nSPS) is 31.9. The molecule has 0 aromatic carbocycles. The number of nitrogens with zero attached hydrogens (tertiary/aromatic N) is 2. The molecular formula is C27H42N2O5S. The number of esters is 1. The summed E-state index contributed by atoms with van der Waals surface area (Å²) in [6, 6.07) is -0.756. The summed E-state index contributed by atoms with van der Waals surface area (Å²) in [5, 5.41) is 9.77. The Hall–Kier alpha value is -1.80. The molecule has 3 aliphatic heterocycles. The molecule has 3 unspecified atom stereocenters. The third-order valence-corrected chi connectivity index (χ3v) is 9.78. The summed E-state index contributed by atoms with van der Waals surface area (Å²) in [5.41, 5.74) is -0.507. The first kappa shape index (κ1) is 27.8. The Labute approximate surface area is 214 Å². The lowest BCUT2D eigenvalue weighted by molar-refractivity contribution is -0.153. The van der Waals surface area contributed by atoms with Gasteiger partial charge < -0.3 is 19.6 Å². The van der Waals surface area contributed by atoms with Crippen LogP contribution < -0.4 is 0 Å². The molecular weight excluding hydrogens is 464 g/mol. The number of hydrogen-bond donors (Lipinski definition) is 1. The lowest BCUT2D eigenvalue weighted by Crippen LogP contribution is -2.61. The van der Waals surface area contributed by atoms with Crippen LogP contribution in [0, 0.1) is 23.2 Å². The van der Waals surface area contributed by atoms with Gasteiger partial charge in [0.15, 0.2) is 0 Å². The number of β-amino-alcohol motifs (C(OH)–C–C–N with tert-alkyl or cyclic N) is 1. The predicted molar refractivity (Wildman–Crippen MR) is 139 cm³/mol. The molecule has 196 valence electrons. The van der Waals surface area contributed by atoms with Crippen LogP contribution in [0.25, 0.3) is 0 Å². The Morgan fingerprint density at radius 2 is 1.91 bits per heavy atom. The number of hydrogen-bond acceptors (Lipinski definition) is 6. The summed E-state index contributed by atoms with van der Waals surface area (Å²) in [5.74, 6) is -1.95. The fourth-order valence-electron chi connectivity index (χ4n) is 6.96. The van der Waals surface area contributed by atoms with Gasteiger partial charge in [-0.05, 0) is 38.0 Å². The van der Waals surface area contributed by atoms with Gasteiger partial charge in [0.1, 0.15) is 12.6 Å². The van der Waals surface area contributed by atoms with Crippen molar-refractivity contribution in [3.63, 3.8) is 0 Å². The third kappa shape index (κ3) is 4.68. The zero-order valence-corrected chi connectivity index (χ0v) is 22.9. The van der Waals surface area contributed by atoms with Crippen LogP contribution in [-0.4, -0.2) is 80.6 Å². The molecule has 3 aliphatic rings. The molecule has 3 fully saturated rings. The number of thioether (sulfide) groups is 1. The highest BCUT2D eigenvalue weighted by Crippen LogP contribution is 2.68. The van der Waals surface area contributed by atoms with Crippen molar-refractivity contribution in [1.82, 2.24) is 9.80 Å². The van der Waals surface area contributed by atoms with Crippen molar-refractivity contribution in [3.8, 4) is 0 Å². The van der Waals surface area contributed by atoms with Crippen LogP contribution in [0.3, 0.4) is 0 Å². The minimum Gasteiger partial charge on any atom is -0.461 e. The number of aliphatic hydroxyl groups excluding tert-OH is 1. The summed E-state index contributed by atoms with van der Waals surface area (Å²) < 4.78 is 4.67. The molecule has 2 amide bonds. The second-order valence-electron chi connectivity index (χ2n) is 12.0. The van der Waals surface area contributed by atoms with Crippen molar-refractivity contribution in [2.24, 2.45) is 23.2 Å². The Morgan fingerprint density at radius 1 is 1.26 bits per heavy atom. The van der Waals surface area contributed by atoms with Gasteiger partial charge >= 0.3 is 5.97 Å². The lowest BCUT2D eigenvalue weighted by atomic mass is 9.66. The van der Waals surface area contributed by atoms with Crippen LogP contribution >= 0.6 is 11.8 Å². The highest BCUT2D eigenvalue weighted by Gasteiger charge is 2.76. The molecule has 0 aromatic rings. The maximum atomic E-state index is 14.5. The van der Waals surface area contributed by atoms with Crippen LogP contribution in [0.2, 0.25) is 0 Å². The largest absolute Gasteiger partial charge is 0.461 e. The maximum absolute atomic E-state index is 14.5. The highest BCUT2D eigenvalue weighted by atomic mass is 32.2. The second-order valence-corrected chi connectivity index (χ2v) is 13.6. The van der Waals surface area contributed by atoms with Crippen molar-refractivity contribution in [1.29, 1.82) is 0 Å². The van der Waals surface area contributed by atoms with Crippen LogP contribution in [0.1, 0.15) is 54.4 Å². The molecule has 2 bridgehead atoms. The van der Waals surface area contributed by atoms with Gasteiger partial charge in [-0.3, -0.25) is 14.4 Å². The van der Waals surface area contributed by atoms with Gasteiger partial charge in [-0.2, -0.15) is 0 Å². The van der Waals surface area contributed by atoms with Gasteiger partial charge in [-0.25, -0.2) is 0 Å². The first-order chi connectivity index (χ1) is 16.3. The van der Waals surface area contributed by atoms with E-state index >= 15 is 0 Å². The van der Waals surface area contributed by atoms with E-state index in [4.69, 9.17) is 4.74 Å². The predicted octanol–water partition coefficient (Wildman–Crippen LogP) is 3.27. The summed E-state index contributed by atoms with van der Waals surface area (Å²) in [6.45, 7) is 20.4. The van der Waals surface area contributed by atoms with Crippen LogP contribution in [0.15, 0.2) is 25.3 Å². The minimum atomic E-state index is -0.756. The van der Waals surface area contributed by atoms with E-state index in [0.29, 0.717) is 6.54 Å². The average Bonchev–Trinajstić information content (AvgIpc) is 3.32. The number of fused-ring (bicyclic) bond motifs is 1. The number of aliphatic hydroxyl groups is 1. The van der Waals surface area contributed by atoms with E-state index in [1.807, 2.05) is 4.90 Å². The number of ether oxygens (including phenoxy) is 1. The average molecular weight is 507 g/mol. The zero-order valence-electron chi connectivity index (χ0n) is 22.1. The molecule has 3 heterocycles. The molecule has 6 atom stereocenters. The zero-order chi connectivity index (χ0) is 26.3. The first-order valence-corrected chi connectivity index (χ1v) is 13.4.